The molecule has 1 heterocycles. The number of hydrogen-bond donors (Lipinski definition) is 2. The molecule has 70 valence electrons. The van der Waals surface area contributed by atoms with Crippen molar-refractivity contribution < 1.29 is 14.0 Å². The average Bonchev–Trinajstić information content (AvgIpc) is 2.17. The first-order valence-electron chi connectivity index (χ1n) is 3.36. The molecule has 0 spiro atoms. The van der Waals surface area contributed by atoms with Gasteiger partial charge in [-0.15, -0.1) is 0 Å². The molecule has 0 radical (unpaired) electrons. The van der Waals surface area contributed by atoms with E-state index in [1.807, 2.05) is 0 Å². The number of alkyl halides is 2. The summed E-state index contributed by atoms with van der Waals surface area (Å²) in [5, 5.41) is 10.9. The molecule has 3 N–H and O–H groups in total. The van der Waals surface area contributed by atoms with Gasteiger partial charge in [0.05, 0.1) is 0 Å². The minimum Gasteiger partial charge on any atom is -0.409 e. The highest BCUT2D eigenvalue weighted by molar-refractivity contribution is 5.96. The summed E-state index contributed by atoms with van der Waals surface area (Å²) in [6.45, 7) is 0. The Morgan fingerprint density at radius 3 is 2.77 bits per heavy atom. The molecule has 1 rings (SSSR count). The first-order chi connectivity index (χ1) is 6.15. The lowest BCUT2D eigenvalue weighted by molar-refractivity contribution is 0.151. The van der Waals surface area contributed by atoms with Crippen LogP contribution in [0.1, 0.15) is 17.6 Å². The number of amidine groups is 1. The van der Waals surface area contributed by atoms with Gasteiger partial charge < -0.3 is 10.9 Å². The van der Waals surface area contributed by atoms with Crippen molar-refractivity contribution in [2.45, 2.75) is 6.43 Å². The Hall–Kier alpha value is -1.72. The quantitative estimate of drug-likeness (QED) is 0.315. The molecule has 1 aromatic rings. The molecule has 4 nitrogen and oxygen atoms in total. The monoisotopic (exact) mass is 187 g/mol. The standard InChI is InChI=1S/C7H7F2N3O/c8-6(9)4-1-5(3-11-2-4)7(10)12-13/h1-3,6,13H,(H2,10,12). The third kappa shape index (κ3) is 2.11. The van der Waals surface area contributed by atoms with Crippen LogP contribution in [-0.4, -0.2) is 16.0 Å². The summed E-state index contributed by atoms with van der Waals surface area (Å²) in [6.07, 6.45) is -0.348. The number of aromatic nitrogens is 1. The van der Waals surface area contributed by atoms with E-state index < -0.39 is 6.43 Å². The molecule has 0 bridgehead atoms. The summed E-state index contributed by atoms with van der Waals surface area (Å²) in [4.78, 5) is 3.52. The second-order valence-corrected chi connectivity index (χ2v) is 2.29. The molecule has 0 fully saturated rings. The van der Waals surface area contributed by atoms with Gasteiger partial charge >= 0.3 is 0 Å². The summed E-state index contributed by atoms with van der Waals surface area (Å²) < 4.78 is 24.3. The lowest BCUT2D eigenvalue weighted by Gasteiger charge is -2.01. The van der Waals surface area contributed by atoms with E-state index in [1.165, 1.54) is 6.20 Å². The van der Waals surface area contributed by atoms with Crippen LogP contribution in [0, 0.1) is 0 Å². The van der Waals surface area contributed by atoms with Crippen molar-refractivity contribution in [2.24, 2.45) is 10.9 Å². The van der Waals surface area contributed by atoms with Crippen LogP contribution in [0.3, 0.4) is 0 Å². The molecule has 0 aliphatic heterocycles. The number of nitrogens with two attached hydrogens (primary N) is 1. The van der Waals surface area contributed by atoms with E-state index in [0.717, 1.165) is 12.3 Å². The van der Waals surface area contributed by atoms with Crippen LogP contribution in [0.2, 0.25) is 0 Å². The van der Waals surface area contributed by atoms with E-state index in [4.69, 9.17) is 10.9 Å². The molecule has 0 atom stereocenters. The number of nitrogens with zero attached hydrogens (tertiary/aromatic N) is 2. The number of hydrogen-bond acceptors (Lipinski definition) is 3. The molecule has 13 heavy (non-hydrogen) atoms. The summed E-state index contributed by atoms with van der Waals surface area (Å²) in [5.41, 5.74) is 5.09. The maximum atomic E-state index is 12.1. The molecular formula is C7H7F2N3O. The van der Waals surface area contributed by atoms with Crippen molar-refractivity contribution in [1.82, 2.24) is 4.98 Å². The van der Waals surface area contributed by atoms with Gasteiger partial charge in [0.25, 0.3) is 6.43 Å². The molecule has 6 heteroatoms. The average molecular weight is 187 g/mol. The zero-order chi connectivity index (χ0) is 9.84. The van der Waals surface area contributed by atoms with Crippen molar-refractivity contribution >= 4 is 5.84 Å². The van der Waals surface area contributed by atoms with Gasteiger partial charge in [-0.25, -0.2) is 8.78 Å². The van der Waals surface area contributed by atoms with Gasteiger partial charge in [0.2, 0.25) is 0 Å². The molecule has 0 aromatic carbocycles. The minimum absolute atomic E-state index is 0.167. The number of halogens is 2. The predicted octanol–water partition coefficient (Wildman–Crippen LogP) is 1.11. The summed E-state index contributed by atoms with van der Waals surface area (Å²) in [6, 6.07) is 1.12. The Morgan fingerprint density at radius 2 is 2.23 bits per heavy atom. The number of rotatable bonds is 2. The zero-order valence-corrected chi connectivity index (χ0v) is 6.48. The predicted molar refractivity (Wildman–Crippen MR) is 41.7 cm³/mol. The second-order valence-electron chi connectivity index (χ2n) is 2.29. The van der Waals surface area contributed by atoms with Crippen molar-refractivity contribution in [3.63, 3.8) is 0 Å². The van der Waals surface area contributed by atoms with E-state index in [2.05, 4.69) is 10.1 Å². The second kappa shape index (κ2) is 3.79. The fraction of sp³-hybridized carbons (Fsp3) is 0.143. The minimum atomic E-state index is -2.61. The SMILES string of the molecule is N/C(=N\O)c1cncc(C(F)F)c1. The van der Waals surface area contributed by atoms with Gasteiger partial charge in [-0.1, -0.05) is 5.16 Å². The third-order valence-corrected chi connectivity index (χ3v) is 1.41. The Kier molecular flexibility index (Phi) is 2.73. The molecule has 0 aliphatic rings. The normalized spacial score (nSPS) is 12.1. The Bertz CT molecular complexity index is 327. The molecule has 0 unspecified atom stereocenters. The lowest BCUT2D eigenvalue weighted by Crippen LogP contribution is -2.13. The van der Waals surface area contributed by atoms with Crippen LogP contribution in [-0.2, 0) is 0 Å². The van der Waals surface area contributed by atoms with Crippen molar-refractivity contribution in [3.8, 4) is 0 Å². The number of pyridine rings is 1. The topological polar surface area (TPSA) is 71.5 Å². The van der Waals surface area contributed by atoms with E-state index in [1.54, 1.807) is 0 Å². The maximum Gasteiger partial charge on any atom is 0.265 e. The Labute approximate surface area is 72.7 Å². The molecule has 0 saturated carbocycles. The van der Waals surface area contributed by atoms with Crippen LogP contribution in [0.4, 0.5) is 8.78 Å². The van der Waals surface area contributed by atoms with Crippen LogP contribution >= 0.6 is 0 Å². The van der Waals surface area contributed by atoms with Gasteiger partial charge in [-0.2, -0.15) is 0 Å². The fourth-order valence-electron chi connectivity index (χ4n) is 0.775. The zero-order valence-electron chi connectivity index (χ0n) is 6.48. The molecular weight excluding hydrogens is 180 g/mol. The van der Waals surface area contributed by atoms with Crippen molar-refractivity contribution in [2.75, 3.05) is 0 Å². The Morgan fingerprint density at radius 1 is 1.54 bits per heavy atom. The van der Waals surface area contributed by atoms with Gasteiger partial charge in [0, 0.05) is 23.5 Å². The maximum absolute atomic E-state index is 12.1. The fourth-order valence-corrected chi connectivity index (χ4v) is 0.775. The largest absolute Gasteiger partial charge is 0.409 e. The third-order valence-electron chi connectivity index (χ3n) is 1.41. The first kappa shape index (κ1) is 9.37. The highest BCUT2D eigenvalue weighted by atomic mass is 19.3. The van der Waals surface area contributed by atoms with Gasteiger partial charge in [-0.05, 0) is 6.07 Å². The van der Waals surface area contributed by atoms with Crippen molar-refractivity contribution in [3.05, 3.63) is 29.6 Å². The highest BCUT2D eigenvalue weighted by Crippen LogP contribution is 2.17. The summed E-state index contributed by atoms with van der Waals surface area (Å²) >= 11 is 0. The van der Waals surface area contributed by atoms with E-state index in [0.29, 0.717) is 0 Å². The molecule has 0 saturated heterocycles. The van der Waals surface area contributed by atoms with Crippen LogP contribution in [0.15, 0.2) is 23.6 Å². The summed E-state index contributed by atoms with van der Waals surface area (Å²) in [7, 11) is 0. The first-order valence-corrected chi connectivity index (χ1v) is 3.36. The Balaban J connectivity index is 3.05. The number of oxime groups is 1. The van der Waals surface area contributed by atoms with Crippen LogP contribution < -0.4 is 5.73 Å². The van der Waals surface area contributed by atoms with Gasteiger partial charge in [0.1, 0.15) is 0 Å². The lowest BCUT2D eigenvalue weighted by atomic mass is 10.2. The van der Waals surface area contributed by atoms with Crippen molar-refractivity contribution in [1.29, 1.82) is 0 Å². The van der Waals surface area contributed by atoms with E-state index >= 15 is 0 Å². The van der Waals surface area contributed by atoms with Gasteiger partial charge in [-0.3, -0.25) is 4.98 Å². The van der Waals surface area contributed by atoms with Gasteiger partial charge in [0.15, 0.2) is 5.84 Å². The summed E-state index contributed by atoms with van der Waals surface area (Å²) in [5.74, 6) is -0.241. The molecule has 0 aliphatic carbocycles. The van der Waals surface area contributed by atoms with E-state index in [-0.39, 0.29) is 17.0 Å². The molecule has 0 amide bonds. The van der Waals surface area contributed by atoms with Crippen LogP contribution in [0.5, 0.6) is 0 Å². The van der Waals surface area contributed by atoms with E-state index in [9.17, 15) is 8.78 Å². The van der Waals surface area contributed by atoms with Crippen LogP contribution in [0.25, 0.3) is 0 Å². The highest BCUT2D eigenvalue weighted by Gasteiger charge is 2.09. The molecule has 1 aromatic heterocycles. The smallest absolute Gasteiger partial charge is 0.265 e.